The molecule has 0 saturated heterocycles. The molecule has 0 aliphatic carbocycles. The minimum Gasteiger partial charge on any atom is -0.331 e. The number of hydrogen-bond acceptors (Lipinski definition) is 5. The van der Waals surface area contributed by atoms with Crippen LogP contribution in [0.1, 0.15) is 22.4 Å². The molecule has 0 radical (unpaired) electrons. The summed E-state index contributed by atoms with van der Waals surface area (Å²) < 4.78 is 1.91. The highest BCUT2D eigenvalue weighted by Crippen LogP contribution is 2.29. The number of imidazole rings is 1. The third-order valence-electron chi connectivity index (χ3n) is 4.61. The number of thiazole rings is 1. The molecule has 4 aromatic rings. The molecule has 0 aliphatic rings. The fraction of sp³-hybridized carbons (Fsp3) is 0.190. The number of anilines is 2. The number of nitrogens with zero attached hydrogens (tertiary/aromatic N) is 4. The summed E-state index contributed by atoms with van der Waals surface area (Å²) in [6.07, 6.45) is 5.58. The van der Waals surface area contributed by atoms with Gasteiger partial charge in [0.05, 0.1) is 11.4 Å². The Morgan fingerprint density at radius 3 is 2.48 bits per heavy atom. The van der Waals surface area contributed by atoms with Crippen LogP contribution in [-0.4, -0.2) is 19.5 Å². The second-order valence-corrected chi connectivity index (χ2v) is 7.60. The maximum absolute atomic E-state index is 4.72. The number of aromatic nitrogens is 4. The van der Waals surface area contributed by atoms with E-state index >= 15 is 0 Å². The molecule has 5 nitrogen and oxygen atoms in total. The molecule has 136 valence electrons. The predicted octanol–water partition coefficient (Wildman–Crippen LogP) is 5.37. The van der Waals surface area contributed by atoms with Crippen molar-refractivity contribution >= 4 is 22.2 Å². The third kappa shape index (κ3) is 3.61. The number of hydrogen-bond donors (Lipinski definition) is 1. The number of nitrogens with one attached hydrogen (secondary N) is 1. The van der Waals surface area contributed by atoms with Gasteiger partial charge in [0, 0.05) is 29.0 Å². The Morgan fingerprint density at radius 2 is 1.78 bits per heavy atom. The molecule has 1 aromatic carbocycles. The highest BCUT2D eigenvalue weighted by Gasteiger charge is 2.08. The fourth-order valence-electron chi connectivity index (χ4n) is 2.91. The van der Waals surface area contributed by atoms with Crippen molar-refractivity contribution in [1.82, 2.24) is 19.5 Å². The van der Waals surface area contributed by atoms with Gasteiger partial charge in [0.15, 0.2) is 5.13 Å². The van der Waals surface area contributed by atoms with Gasteiger partial charge in [-0.2, -0.15) is 0 Å². The first-order valence-electron chi connectivity index (χ1n) is 8.77. The minimum atomic E-state index is 0.846. The van der Waals surface area contributed by atoms with Crippen LogP contribution < -0.4 is 5.32 Å². The molecule has 0 unspecified atom stereocenters. The van der Waals surface area contributed by atoms with Gasteiger partial charge in [-0.25, -0.2) is 15.0 Å². The lowest BCUT2D eigenvalue weighted by Gasteiger charge is -2.10. The van der Waals surface area contributed by atoms with Crippen LogP contribution in [0.5, 0.6) is 0 Å². The van der Waals surface area contributed by atoms with Crippen molar-refractivity contribution < 1.29 is 0 Å². The van der Waals surface area contributed by atoms with E-state index in [1.807, 2.05) is 36.0 Å². The van der Waals surface area contributed by atoms with E-state index in [9.17, 15) is 0 Å². The van der Waals surface area contributed by atoms with Gasteiger partial charge in [0.25, 0.3) is 0 Å². The SMILES string of the molecule is Cc1cn(-c2ccc(-c3csc(Nc4cc(C)c(C)cc4C)n3)cn2)cn1. The van der Waals surface area contributed by atoms with E-state index in [-0.39, 0.29) is 0 Å². The Bertz CT molecular complexity index is 1090. The summed E-state index contributed by atoms with van der Waals surface area (Å²) >= 11 is 1.60. The van der Waals surface area contributed by atoms with Crippen LogP contribution in [0.25, 0.3) is 17.1 Å². The van der Waals surface area contributed by atoms with Gasteiger partial charge < -0.3 is 5.32 Å². The quantitative estimate of drug-likeness (QED) is 0.521. The van der Waals surface area contributed by atoms with Gasteiger partial charge in [-0.15, -0.1) is 11.3 Å². The van der Waals surface area contributed by atoms with Gasteiger partial charge in [-0.1, -0.05) is 6.07 Å². The monoisotopic (exact) mass is 375 g/mol. The lowest BCUT2D eigenvalue weighted by molar-refractivity contribution is 0.993. The van der Waals surface area contributed by atoms with E-state index in [1.165, 1.54) is 16.7 Å². The summed E-state index contributed by atoms with van der Waals surface area (Å²) in [7, 11) is 0. The second-order valence-electron chi connectivity index (χ2n) is 6.74. The van der Waals surface area contributed by atoms with Crippen LogP contribution in [0.2, 0.25) is 0 Å². The van der Waals surface area contributed by atoms with Crippen molar-refractivity contribution in [2.75, 3.05) is 5.32 Å². The van der Waals surface area contributed by atoms with E-state index in [2.05, 4.69) is 53.6 Å². The van der Waals surface area contributed by atoms with Crippen molar-refractivity contribution in [1.29, 1.82) is 0 Å². The summed E-state index contributed by atoms with van der Waals surface area (Å²) in [5.74, 6) is 0.846. The first-order valence-corrected chi connectivity index (χ1v) is 9.65. The van der Waals surface area contributed by atoms with Crippen LogP contribution in [0.15, 0.2) is 48.4 Å². The van der Waals surface area contributed by atoms with E-state index < -0.39 is 0 Å². The molecular weight excluding hydrogens is 354 g/mol. The predicted molar refractivity (Wildman–Crippen MR) is 111 cm³/mol. The minimum absolute atomic E-state index is 0.846. The number of pyridine rings is 1. The van der Waals surface area contributed by atoms with Crippen molar-refractivity contribution in [3.8, 4) is 17.1 Å². The van der Waals surface area contributed by atoms with Crippen molar-refractivity contribution in [3.05, 3.63) is 70.8 Å². The Kier molecular flexibility index (Phi) is 4.49. The zero-order valence-corrected chi connectivity index (χ0v) is 16.6. The molecule has 0 bridgehead atoms. The average Bonchev–Trinajstić information content (AvgIpc) is 3.29. The lowest BCUT2D eigenvalue weighted by atomic mass is 10.1. The highest BCUT2D eigenvalue weighted by molar-refractivity contribution is 7.14. The van der Waals surface area contributed by atoms with Crippen LogP contribution in [-0.2, 0) is 0 Å². The molecule has 6 heteroatoms. The standard InChI is InChI=1S/C21H21N5S/c1-13-7-15(3)18(8-14(13)2)24-21-25-19(11-27-21)17-5-6-20(22-9-17)26-10-16(4)23-12-26/h5-12H,1-4H3,(H,24,25). The van der Waals surface area contributed by atoms with E-state index in [0.717, 1.165) is 33.6 Å². The molecule has 0 fully saturated rings. The Morgan fingerprint density at radius 1 is 0.963 bits per heavy atom. The summed E-state index contributed by atoms with van der Waals surface area (Å²) in [6, 6.07) is 8.40. The molecule has 0 saturated carbocycles. The first-order chi connectivity index (χ1) is 13.0. The molecule has 27 heavy (non-hydrogen) atoms. The van der Waals surface area contributed by atoms with Gasteiger partial charge in [0.2, 0.25) is 0 Å². The zero-order valence-electron chi connectivity index (χ0n) is 15.8. The van der Waals surface area contributed by atoms with Gasteiger partial charge >= 0.3 is 0 Å². The van der Waals surface area contributed by atoms with Gasteiger partial charge in [-0.3, -0.25) is 4.57 Å². The Labute approximate surface area is 162 Å². The van der Waals surface area contributed by atoms with Crippen molar-refractivity contribution in [2.45, 2.75) is 27.7 Å². The number of aryl methyl sites for hydroxylation is 4. The topological polar surface area (TPSA) is 55.6 Å². The van der Waals surface area contributed by atoms with Gasteiger partial charge in [0.1, 0.15) is 12.1 Å². The largest absolute Gasteiger partial charge is 0.331 e. The van der Waals surface area contributed by atoms with E-state index in [4.69, 9.17) is 4.98 Å². The molecule has 0 amide bonds. The van der Waals surface area contributed by atoms with Crippen LogP contribution in [0.3, 0.4) is 0 Å². The number of rotatable bonds is 4. The Hall–Kier alpha value is -2.99. The van der Waals surface area contributed by atoms with Gasteiger partial charge in [-0.05, 0) is 62.6 Å². The maximum atomic E-state index is 4.72. The van der Waals surface area contributed by atoms with Crippen molar-refractivity contribution in [3.63, 3.8) is 0 Å². The average molecular weight is 376 g/mol. The lowest BCUT2D eigenvalue weighted by Crippen LogP contribution is -1.95. The molecule has 3 heterocycles. The molecule has 0 spiro atoms. The molecule has 3 aromatic heterocycles. The normalized spacial score (nSPS) is 11.0. The summed E-state index contributed by atoms with van der Waals surface area (Å²) in [5, 5.41) is 6.38. The molecule has 1 N–H and O–H groups in total. The van der Waals surface area contributed by atoms with E-state index in [1.54, 1.807) is 17.7 Å². The van der Waals surface area contributed by atoms with Crippen LogP contribution >= 0.6 is 11.3 Å². The first kappa shape index (κ1) is 17.4. The maximum Gasteiger partial charge on any atom is 0.187 e. The Balaban J connectivity index is 1.55. The number of benzene rings is 1. The summed E-state index contributed by atoms with van der Waals surface area (Å²) in [5.41, 5.74) is 7.78. The summed E-state index contributed by atoms with van der Waals surface area (Å²) in [4.78, 5) is 13.5. The summed E-state index contributed by atoms with van der Waals surface area (Å²) in [6.45, 7) is 8.34. The second kappa shape index (κ2) is 6.96. The zero-order chi connectivity index (χ0) is 19.0. The molecular formula is C21H21N5S. The smallest absolute Gasteiger partial charge is 0.187 e. The molecule has 0 aliphatic heterocycles. The molecule has 0 atom stereocenters. The van der Waals surface area contributed by atoms with Crippen LogP contribution in [0, 0.1) is 27.7 Å². The van der Waals surface area contributed by atoms with E-state index in [0.29, 0.717) is 0 Å². The molecule has 4 rings (SSSR count). The van der Waals surface area contributed by atoms with Crippen LogP contribution in [0.4, 0.5) is 10.8 Å². The highest BCUT2D eigenvalue weighted by atomic mass is 32.1. The third-order valence-corrected chi connectivity index (χ3v) is 5.36. The fourth-order valence-corrected chi connectivity index (χ4v) is 3.64. The van der Waals surface area contributed by atoms with Crippen molar-refractivity contribution in [2.24, 2.45) is 0 Å².